The number of benzene rings is 2. The Bertz CT molecular complexity index is 572. The molecule has 0 bridgehead atoms. The number of phenolic OH excluding ortho intramolecular Hbond substituents is 1. The molecule has 20 heavy (non-hydrogen) atoms. The number of phenols is 1. The van der Waals surface area contributed by atoms with Crippen molar-refractivity contribution in [1.82, 2.24) is 5.32 Å². The highest BCUT2D eigenvalue weighted by atomic mass is 16.5. The minimum absolute atomic E-state index is 0.139. The van der Waals surface area contributed by atoms with E-state index in [2.05, 4.69) is 11.4 Å². The molecule has 0 saturated heterocycles. The van der Waals surface area contributed by atoms with Gasteiger partial charge in [0.1, 0.15) is 17.6 Å². The molecule has 1 aliphatic heterocycles. The summed E-state index contributed by atoms with van der Waals surface area (Å²) in [4.78, 5) is 0. The Balaban J connectivity index is 1.72. The molecule has 104 valence electrons. The Kier molecular flexibility index (Phi) is 3.61. The normalized spacial score (nSPS) is 18.4. The summed E-state index contributed by atoms with van der Waals surface area (Å²) in [5.41, 5.74) is 2.39. The minimum atomic E-state index is 0.139. The number of para-hydroxylation sites is 1. The number of ether oxygens (including phenoxy) is 1. The quantitative estimate of drug-likeness (QED) is 0.896. The molecule has 0 aromatic heterocycles. The van der Waals surface area contributed by atoms with Crippen LogP contribution in [0.5, 0.6) is 11.5 Å². The van der Waals surface area contributed by atoms with Crippen LogP contribution in [0.1, 0.15) is 11.1 Å². The summed E-state index contributed by atoms with van der Waals surface area (Å²) < 4.78 is 6.04. The zero-order valence-electron chi connectivity index (χ0n) is 11.5. The van der Waals surface area contributed by atoms with Crippen molar-refractivity contribution in [3.05, 3.63) is 59.7 Å². The standard InChI is InChI=1S/C17H19NO2/c1-18-15(10-12-5-4-7-14(19)9-12)17-11-13-6-2-3-8-16(13)20-17/h2-9,15,17-19H,10-11H2,1H3. The van der Waals surface area contributed by atoms with Crippen LogP contribution in [0.25, 0.3) is 0 Å². The van der Waals surface area contributed by atoms with Gasteiger partial charge in [-0.2, -0.15) is 0 Å². The number of likely N-dealkylation sites (N-methyl/N-ethyl adjacent to an activating group) is 1. The lowest BCUT2D eigenvalue weighted by molar-refractivity contribution is 0.182. The lowest BCUT2D eigenvalue weighted by Crippen LogP contribution is -2.42. The third-order valence-electron chi connectivity index (χ3n) is 3.86. The molecule has 2 N–H and O–H groups in total. The van der Waals surface area contributed by atoms with Crippen molar-refractivity contribution in [2.24, 2.45) is 0 Å². The van der Waals surface area contributed by atoms with Gasteiger partial charge in [0.15, 0.2) is 0 Å². The number of hydrogen-bond donors (Lipinski definition) is 2. The maximum Gasteiger partial charge on any atom is 0.123 e. The van der Waals surface area contributed by atoms with Crippen molar-refractivity contribution in [3.8, 4) is 11.5 Å². The molecule has 1 aliphatic rings. The van der Waals surface area contributed by atoms with Gasteiger partial charge in [-0.15, -0.1) is 0 Å². The van der Waals surface area contributed by atoms with Gasteiger partial charge in [0.25, 0.3) is 0 Å². The van der Waals surface area contributed by atoms with E-state index in [1.807, 2.05) is 43.4 Å². The Morgan fingerprint density at radius 3 is 2.85 bits per heavy atom. The topological polar surface area (TPSA) is 41.5 Å². The summed E-state index contributed by atoms with van der Waals surface area (Å²) in [6.45, 7) is 0. The summed E-state index contributed by atoms with van der Waals surface area (Å²) in [6, 6.07) is 15.8. The number of nitrogens with one attached hydrogen (secondary N) is 1. The third kappa shape index (κ3) is 2.63. The van der Waals surface area contributed by atoms with Gasteiger partial charge in [-0.05, 0) is 42.8 Å². The summed E-state index contributed by atoms with van der Waals surface area (Å²) in [5.74, 6) is 1.31. The lowest BCUT2D eigenvalue weighted by Gasteiger charge is -2.23. The van der Waals surface area contributed by atoms with E-state index < -0.39 is 0 Å². The average Bonchev–Trinajstić information content (AvgIpc) is 2.88. The highest BCUT2D eigenvalue weighted by Crippen LogP contribution is 2.30. The van der Waals surface area contributed by atoms with Crippen LogP contribution in [0.2, 0.25) is 0 Å². The van der Waals surface area contributed by atoms with Crippen LogP contribution in [-0.4, -0.2) is 24.3 Å². The molecular formula is C17H19NO2. The van der Waals surface area contributed by atoms with E-state index in [0.29, 0.717) is 5.75 Å². The number of fused-ring (bicyclic) bond motifs is 1. The summed E-state index contributed by atoms with van der Waals surface area (Å²) in [6.07, 6.45) is 1.91. The van der Waals surface area contributed by atoms with Gasteiger partial charge in [-0.3, -0.25) is 0 Å². The molecule has 2 aromatic rings. The Hall–Kier alpha value is -2.00. The van der Waals surface area contributed by atoms with Crippen LogP contribution < -0.4 is 10.1 Å². The van der Waals surface area contributed by atoms with Crippen molar-refractivity contribution >= 4 is 0 Å². The van der Waals surface area contributed by atoms with Crippen LogP contribution in [0, 0.1) is 0 Å². The highest BCUT2D eigenvalue weighted by Gasteiger charge is 2.29. The fourth-order valence-corrected chi connectivity index (χ4v) is 2.79. The van der Waals surface area contributed by atoms with Crippen LogP contribution in [-0.2, 0) is 12.8 Å². The van der Waals surface area contributed by atoms with Gasteiger partial charge in [0.2, 0.25) is 0 Å². The van der Waals surface area contributed by atoms with E-state index in [1.54, 1.807) is 6.07 Å². The van der Waals surface area contributed by atoms with Gasteiger partial charge in [-0.1, -0.05) is 30.3 Å². The van der Waals surface area contributed by atoms with E-state index in [9.17, 15) is 5.11 Å². The molecule has 2 atom stereocenters. The first-order valence-corrected chi connectivity index (χ1v) is 6.96. The lowest BCUT2D eigenvalue weighted by atomic mass is 9.98. The molecule has 0 fully saturated rings. The van der Waals surface area contributed by atoms with E-state index in [4.69, 9.17) is 4.74 Å². The Morgan fingerprint density at radius 2 is 2.10 bits per heavy atom. The van der Waals surface area contributed by atoms with E-state index in [1.165, 1.54) is 5.56 Å². The molecular weight excluding hydrogens is 250 g/mol. The van der Waals surface area contributed by atoms with Crippen molar-refractivity contribution in [2.75, 3.05) is 7.05 Å². The smallest absolute Gasteiger partial charge is 0.123 e. The predicted octanol–water partition coefficient (Wildman–Crippen LogP) is 2.53. The summed E-state index contributed by atoms with van der Waals surface area (Å²) >= 11 is 0. The predicted molar refractivity (Wildman–Crippen MR) is 79.2 cm³/mol. The maximum atomic E-state index is 9.55. The zero-order valence-corrected chi connectivity index (χ0v) is 11.5. The van der Waals surface area contributed by atoms with Crippen molar-refractivity contribution in [3.63, 3.8) is 0 Å². The molecule has 0 spiro atoms. The fourth-order valence-electron chi connectivity index (χ4n) is 2.79. The third-order valence-corrected chi connectivity index (χ3v) is 3.86. The molecule has 0 amide bonds. The number of hydrogen-bond acceptors (Lipinski definition) is 3. The first kappa shape index (κ1) is 13.0. The molecule has 1 heterocycles. The second kappa shape index (κ2) is 5.55. The zero-order chi connectivity index (χ0) is 13.9. The van der Waals surface area contributed by atoms with Gasteiger partial charge < -0.3 is 15.2 Å². The van der Waals surface area contributed by atoms with Gasteiger partial charge in [0.05, 0.1) is 0 Å². The van der Waals surface area contributed by atoms with Crippen LogP contribution in [0.4, 0.5) is 0 Å². The first-order valence-electron chi connectivity index (χ1n) is 6.96. The van der Waals surface area contributed by atoms with Gasteiger partial charge >= 0.3 is 0 Å². The molecule has 3 rings (SSSR count). The van der Waals surface area contributed by atoms with Crippen LogP contribution >= 0.6 is 0 Å². The fraction of sp³-hybridized carbons (Fsp3) is 0.294. The van der Waals surface area contributed by atoms with Crippen molar-refractivity contribution < 1.29 is 9.84 Å². The van der Waals surface area contributed by atoms with Crippen molar-refractivity contribution in [1.29, 1.82) is 0 Å². The molecule has 0 saturated carbocycles. The summed E-state index contributed by atoms with van der Waals surface area (Å²) in [5, 5.41) is 12.9. The molecule has 3 heteroatoms. The second-order valence-electron chi connectivity index (χ2n) is 5.24. The summed E-state index contributed by atoms with van der Waals surface area (Å²) in [7, 11) is 1.96. The van der Waals surface area contributed by atoms with Crippen LogP contribution in [0.15, 0.2) is 48.5 Å². The monoisotopic (exact) mass is 269 g/mol. The van der Waals surface area contributed by atoms with Crippen molar-refractivity contribution in [2.45, 2.75) is 25.0 Å². The molecule has 2 unspecified atom stereocenters. The van der Waals surface area contributed by atoms with Crippen LogP contribution in [0.3, 0.4) is 0 Å². The number of aromatic hydroxyl groups is 1. The largest absolute Gasteiger partial charge is 0.508 e. The molecule has 2 aromatic carbocycles. The molecule has 0 radical (unpaired) electrons. The molecule has 3 nitrogen and oxygen atoms in total. The average molecular weight is 269 g/mol. The maximum absolute atomic E-state index is 9.55. The van der Waals surface area contributed by atoms with Gasteiger partial charge in [-0.25, -0.2) is 0 Å². The molecule has 0 aliphatic carbocycles. The van der Waals surface area contributed by atoms with E-state index in [-0.39, 0.29) is 12.1 Å². The Labute approximate surface area is 119 Å². The van der Waals surface area contributed by atoms with Gasteiger partial charge in [0, 0.05) is 12.5 Å². The number of rotatable bonds is 4. The van der Waals surface area contributed by atoms with E-state index in [0.717, 1.165) is 24.2 Å². The SMILES string of the molecule is CNC(Cc1cccc(O)c1)C1Cc2ccccc2O1. The first-order chi connectivity index (χ1) is 9.76. The highest BCUT2D eigenvalue weighted by molar-refractivity contribution is 5.38. The minimum Gasteiger partial charge on any atom is -0.508 e. The second-order valence-corrected chi connectivity index (χ2v) is 5.24. The Morgan fingerprint density at radius 1 is 1.25 bits per heavy atom. The van der Waals surface area contributed by atoms with E-state index >= 15 is 0 Å².